The fourth-order valence-electron chi connectivity index (χ4n) is 3.40. The highest BCUT2D eigenvalue weighted by atomic mass is 32.2. The number of hydrogen-bond donors (Lipinski definition) is 0. The molecule has 5 rings (SSSR count). The smallest absolute Gasteiger partial charge is 0.257 e. The number of ether oxygens (including phenoxy) is 1. The fourth-order valence-corrected chi connectivity index (χ4v) is 4.19. The van der Waals surface area contributed by atoms with Crippen molar-refractivity contribution in [2.24, 2.45) is 0 Å². The number of thioether (sulfide) groups is 1. The first-order valence-electron chi connectivity index (χ1n) is 10.8. The van der Waals surface area contributed by atoms with Crippen molar-refractivity contribution in [1.29, 1.82) is 0 Å². The Bertz CT molecular complexity index is 1370. The average molecular weight is 471 g/mol. The summed E-state index contributed by atoms with van der Waals surface area (Å²) in [5.41, 5.74) is 3.92. The largest absolute Gasteiger partial charge is 0.494 e. The van der Waals surface area contributed by atoms with Gasteiger partial charge in [0.05, 0.1) is 12.4 Å². The van der Waals surface area contributed by atoms with Crippen molar-refractivity contribution in [3.8, 4) is 34.3 Å². The van der Waals surface area contributed by atoms with Crippen LogP contribution in [0.4, 0.5) is 0 Å². The Morgan fingerprint density at radius 2 is 1.68 bits per heavy atom. The SMILES string of the molecule is CCOc1ccc(-n2c(SCc3noc(-c4ccc(C)cc4)n3)nnc2-c2ccncc2)cc1. The molecule has 2 aromatic carbocycles. The zero-order valence-electron chi connectivity index (χ0n) is 18.8. The van der Waals surface area contributed by atoms with Crippen molar-refractivity contribution in [1.82, 2.24) is 29.9 Å². The van der Waals surface area contributed by atoms with Crippen LogP contribution in [-0.4, -0.2) is 36.5 Å². The Morgan fingerprint density at radius 1 is 0.912 bits per heavy atom. The van der Waals surface area contributed by atoms with Gasteiger partial charge in [0.25, 0.3) is 5.89 Å². The number of benzene rings is 2. The summed E-state index contributed by atoms with van der Waals surface area (Å²) in [5.74, 6) is 3.12. The molecule has 0 amide bonds. The third-order valence-electron chi connectivity index (χ3n) is 5.07. The van der Waals surface area contributed by atoms with Crippen LogP contribution in [0.3, 0.4) is 0 Å². The molecule has 0 saturated carbocycles. The van der Waals surface area contributed by atoms with Crippen LogP contribution in [0.25, 0.3) is 28.5 Å². The topological polar surface area (TPSA) is 91.8 Å². The van der Waals surface area contributed by atoms with Gasteiger partial charge in [-0.1, -0.05) is 34.6 Å². The lowest BCUT2D eigenvalue weighted by molar-refractivity contribution is 0.340. The van der Waals surface area contributed by atoms with Gasteiger partial charge in [0.1, 0.15) is 5.75 Å². The maximum absolute atomic E-state index is 5.59. The number of pyridine rings is 1. The van der Waals surface area contributed by atoms with Crippen LogP contribution in [-0.2, 0) is 5.75 Å². The van der Waals surface area contributed by atoms with E-state index in [4.69, 9.17) is 9.26 Å². The second-order valence-electron chi connectivity index (χ2n) is 7.47. The summed E-state index contributed by atoms with van der Waals surface area (Å²) in [5, 5.41) is 13.8. The molecule has 3 aromatic heterocycles. The molecule has 9 heteroatoms. The van der Waals surface area contributed by atoms with Crippen LogP contribution in [0, 0.1) is 6.92 Å². The van der Waals surface area contributed by atoms with Crippen LogP contribution < -0.4 is 4.74 Å². The van der Waals surface area contributed by atoms with E-state index in [9.17, 15) is 0 Å². The highest BCUT2D eigenvalue weighted by Crippen LogP contribution is 2.30. The lowest BCUT2D eigenvalue weighted by Gasteiger charge is -2.11. The standard InChI is InChI=1S/C25H22N6O2S/c1-3-32-21-10-8-20(9-11-21)31-23(18-12-14-26-15-13-18)28-29-25(31)34-16-22-27-24(33-30-22)19-6-4-17(2)5-7-19/h4-15H,3,16H2,1-2H3. The van der Waals surface area contributed by atoms with E-state index in [0.717, 1.165) is 33.5 Å². The monoisotopic (exact) mass is 470 g/mol. The summed E-state index contributed by atoms with van der Waals surface area (Å²) in [4.78, 5) is 8.66. The predicted octanol–water partition coefficient (Wildman–Crippen LogP) is 5.38. The number of nitrogens with zero attached hydrogens (tertiary/aromatic N) is 6. The van der Waals surface area contributed by atoms with Crippen LogP contribution in [0.15, 0.2) is 82.7 Å². The van der Waals surface area contributed by atoms with Crippen molar-refractivity contribution in [3.63, 3.8) is 0 Å². The maximum Gasteiger partial charge on any atom is 0.257 e. The van der Waals surface area contributed by atoms with Crippen LogP contribution >= 0.6 is 11.8 Å². The Hall–Kier alpha value is -3.98. The van der Waals surface area contributed by atoms with E-state index in [1.165, 1.54) is 17.3 Å². The summed E-state index contributed by atoms with van der Waals surface area (Å²) >= 11 is 1.49. The summed E-state index contributed by atoms with van der Waals surface area (Å²) in [6, 6.07) is 19.7. The molecule has 0 aliphatic carbocycles. The Kier molecular flexibility index (Phi) is 6.35. The second-order valence-corrected chi connectivity index (χ2v) is 8.42. The minimum atomic E-state index is 0.487. The van der Waals surface area contributed by atoms with E-state index in [1.807, 2.05) is 79.1 Å². The first kappa shape index (κ1) is 21.8. The van der Waals surface area contributed by atoms with Crippen molar-refractivity contribution in [2.45, 2.75) is 24.8 Å². The van der Waals surface area contributed by atoms with E-state index >= 15 is 0 Å². The van der Waals surface area contributed by atoms with Crippen molar-refractivity contribution in [3.05, 3.63) is 84.4 Å². The summed E-state index contributed by atoms with van der Waals surface area (Å²) in [6.07, 6.45) is 3.48. The summed E-state index contributed by atoms with van der Waals surface area (Å²) < 4.78 is 13.1. The zero-order chi connectivity index (χ0) is 23.3. The molecule has 0 aliphatic rings. The van der Waals surface area contributed by atoms with Crippen LogP contribution in [0.5, 0.6) is 5.75 Å². The third kappa shape index (κ3) is 4.69. The molecular formula is C25H22N6O2S. The van der Waals surface area contributed by atoms with Gasteiger partial charge in [-0.3, -0.25) is 9.55 Å². The van der Waals surface area contributed by atoms with Crippen molar-refractivity contribution < 1.29 is 9.26 Å². The molecule has 0 bridgehead atoms. The van der Waals surface area contributed by atoms with E-state index < -0.39 is 0 Å². The van der Waals surface area contributed by atoms with Crippen LogP contribution in [0.2, 0.25) is 0 Å². The Balaban J connectivity index is 1.42. The number of aromatic nitrogens is 6. The van der Waals surface area contributed by atoms with Gasteiger partial charge in [-0.25, -0.2) is 0 Å². The second kappa shape index (κ2) is 9.88. The van der Waals surface area contributed by atoms with Gasteiger partial charge in [0.15, 0.2) is 16.8 Å². The third-order valence-corrected chi connectivity index (χ3v) is 6.00. The van der Waals surface area contributed by atoms with Gasteiger partial charge in [-0.05, 0) is 62.4 Å². The van der Waals surface area contributed by atoms with Gasteiger partial charge in [-0.15, -0.1) is 10.2 Å². The molecule has 8 nitrogen and oxygen atoms in total. The number of rotatable bonds is 8. The molecule has 0 unspecified atom stereocenters. The van der Waals surface area contributed by atoms with E-state index in [1.54, 1.807) is 12.4 Å². The fraction of sp³-hybridized carbons (Fsp3) is 0.160. The summed E-state index contributed by atoms with van der Waals surface area (Å²) in [7, 11) is 0. The lowest BCUT2D eigenvalue weighted by atomic mass is 10.1. The van der Waals surface area contributed by atoms with E-state index in [0.29, 0.717) is 24.1 Å². The lowest BCUT2D eigenvalue weighted by Crippen LogP contribution is -2.00. The zero-order valence-corrected chi connectivity index (χ0v) is 19.6. The van der Waals surface area contributed by atoms with Gasteiger partial charge in [0, 0.05) is 29.2 Å². The predicted molar refractivity (Wildman–Crippen MR) is 130 cm³/mol. The highest BCUT2D eigenvalue weighted by Gasteiger charge is 2.18. The van der Waals surface area contributed by atoms with Gasteiger partial charge >= 0.3 is 0 Å². The molecule has 5 aromatic rings. The van der Waals surface area contributed by atoms with E-state index in [2.05, 4.69) is 25.3 Å². The quantitative estimate of drug-likeness (QED) is 0.279. The molecule has 0 radical (unpaired) electrons. The first-order valence-corrected chi connectivity index (χ1v) is 11.8. The molecule has 34 heavy (non-hydrogen) atoms. The van der Waals surface area contributed by atoms with E-state index in [-0.39, 0.29) is 0 Å². The van der Waals surface area contributed by atoms with Gasteiger partial charge in [0.2, 0.25) is 0 Å². The Morgan fingerprint density at radius 3 is 2.41 bits per heavy atom. The average Bonchev–Trinajstić information content (AvgIpc) is 3.52. The van der Waals surface area contributed by atoms with Gasteiger partial charge < -0.3 is 9.26 Å². The molecule has 0 aliphatic heterocycles. The number of hydrogen-bond acceptors (Lipinski definition) is 8. The highest BCUT2D eigenvalue weighted by molar-refractivity contribution is 7.98. The molecule has 0 N–H and O–H groups in total. The molecular weight excluding hydrogens is 448 g/mol. The molecule has 0 spiro atoms. The Labute approximate surface area is 201 Å². The summed E-state index contributed by atoms with van der Waals surface area (Å²) in [6.45, 7) is 4.62. The molecule has 0 saturated heterocycles. The van der Waals surface area contributed by atoms with Crippen molar-refractivity contribution >= 4 is 11.8 Å². The maximum atomic E-state index is 5.59. The molecule has 170 valence electrons. The molecule has 0 atom stereocenters. The minimum absolute atomic E-state index is 0.487. The normalized spacial score (nSPS) is 11.0. The minimum Gasteiger partial charge on any atom is -0.494 e. The van der Waals surface area contributed by atoms with Crippen molar-refractivity contribution in [2.75, 3.05) is 6.61 Å². The first-order chi connectivity index (χ1) is 16.7. The number of aryl methyl sites for hydroxylation is 1. The van der Waals surface area contributed by atoms with Gasteiger partial charge in [-0.2, -0.15) is 4.98 Å². The molecule has 0 fully saturated rings. The molecule has 3 heterocycles. The van der Waals surface area contributed by atoms with Crippen LogP contribution in [0.1, 0.15) is 18.3 Å².